The third-order valence-corrected chi connectivity index (χ3v) is 4.07. The lowest BCUT2D eigenvalue weighted by Crippen LogP contribution is -2.43. The molecular weight excluding hydrogens is 270 g/mol. The molecule has 0 aromatic heterocycles. The fourth-order valence-electron chi connectivity index (χ4n) is 2.67. The second kappa shape index (κ2) is 7.45. The van der Waals surface area contributed by atoms with Gasteiger partial charge in [0.15, 0.2) is 0 Å². The highest BCUT2D eigenvalue weighted by molar-refractivity contribution is 5.67. The van der Waals surface area contributed by atoms with Gasteiger partial charge in [-0.25, -0.2) is 4.79 Å². The number of alkyl carbamates (subject to hydrolysis) is 1. The van der Waals surface area contributed by atoms with Crippen LogP contribution in [0.5, 0.6) is 0 Å². The number of hydrogen-bond acceptors (Lipinski definition) is 4. The van der Waals surface area contributed by atoms with Crippen LogP contribution in [0.25, 0.3) is 0 Å². The van der Waals surface area contributed by atoms with E-state index in [1.54, 1.807) is 0 Å². The van der Waals surface area contributed by atoms with Gasteiger partial charge in [0, 0.05) is 12.0 Å². The van der Waals surface area contributed by atoms with Crippen molar-refractivity contribution in [3.05, 3.63) is 0 Å². The molecule has 5 heteroatoms. The SMILES string of the molecule is CCC(CO)(CNC(=O)OC(C)(C)C)CC1CCC(C)O1. The third kappa shape index (κ3) is 6.22. The molecule has 1 saturated heterocycles. The lowest BCUT2D eigenvalue weighted by Gasteiger charge is -2.33. The monoisotopic (exact) mass is 301 g/mol. The van der Waals surface area contributed by atoms with E-state index < -0.39 is 11.7 Å². The summed E-state index contributed by atoms with van der Waals surface area (Å²) in [6.07, 6.45) is 3.67. The van der Waals surface area contributed by atoms with Gasteiger partial charge in [-0.15, -0.1) is 0 Å². The van der Waals surface area contributed by atoms with Crippen molar-refractivity contribution in [3.8, 4) is 0 Å². The summed E-state index contributed by atoms with van der Waals surface area (Å²) >= 11 is 0. The van der Waals surface area contributed by atoms with Crippen molar-refractivity contribution in [2.75, 3.05) is 13.2 Å². The zero-order valence-electron chi connectivity index (χ0n) is 14.1. The Hall–Kier alpha value is -0.810. The van der Waals surface area contributed by atoms with E-state index in [1.807, 2.05) is 27.7 Å². The van der Waals surface area contributed by atoms with Gasteiger partial charge < -0.3 is 19.9 Å². The largest absolute Gasteiger partial charge is 0.444 e. The van der Waals surface area contributed by atoms with Crippen molar-refractivity contribution in [3.63, 3.8) is 0 Å². The van der Waals surface area contributed by atoms with Gasteiger partial charge in [0.1, 0.15) is 5.60 Å². The number of ether oxygens (including phenoxy) is 2. The summed E-state index contributed by atoms with van der Waals surface area (Å²) in [5.74, 6) is 0. The molecule has 1 heterocycles. The molecule has 1 fully saturated rings. The second-order valence-electron chi connectivity index (χ2n) is 7.22. The Balaban J connectivity index is 2.53. The molecule has 3 atom stereocenters. The molecular formula is C16H31NO4. The molecule has 0 radical (unpaired) electrons. The summed E-state index contributed by atoms with van der Waals surface area (Å²) in [6, 6.07) is 0. The maximum atomic E-state index is 11.8. The average Bonchev–Trinajstić information content (AvgIpc) is 2.78. The highest BCUT2D eigenvalue weighted by atomic mass is 16.6. The molecule has 1 aliphatic heterocycles. The molecule has 21 heavy (non-hydrogen) atoms. The summed E-state index contributed by atoms with van der Waals surface area (Å²) in [7, 11) is 0. The van der Waals surface area contributed by atoms with Gasteiger partial charge in [-0.05, 0) is 53.4 Å². The Morgan fingerprint density at radius 3 is 2.48 bits per heavy atom. The summed E-state index contributed by atoms with van der Waals surface area (Å²) < 4.78 is 11.1. The van der Waals surface area contributed by atoms with E-state index in [1.165, 1.54) is 0 Å². The van der Waals surface area contributed by atoms with Gasteiger partial charge in [0.25, 0.3) is 0 Å². The molecule has 0 aromatic carbocycles. The van der Waals surface area contributed by atoms with Crippen LogP contribution in [0.4, 0.5) is 4.79 Å². The van der Waals surface area contributed by atoms with E-state index in [0.29, 0.717) is 12.6 Å². The molecule has 0 bridgehead atoms. The van der Waals surface area contributed by atoms with E-state index in [-0.39, 0.29) is 18.1 Å². The fourth-order valence-corrected chi connectivity index (χ4v) is 2.67. The molecule has 1 rings (SSSR count). The summed E-state index contributed by atoms with van der Waals surface area (Å²) in [5.41, 5.74) is -0.853. The Bertz CT molecular complexity index is 334. The first-order valence-electron chi connectivity index (χ1n) is 7.93. The van der Waals surface area contributed by atoms with Gasteiger partial charge in [-0.3, -0.25) is 0 Å². The van der Waals surface area contributed by atoms with Crippen molar-refractivity contribution in [2.45, 2.75) is 78.1 Å². The topological polar surface area (TPSA) is 67.8 Å². The van der Waals surface area contributed by atoms with Gasteiger partial charge >= 0.3 is 6.09 Å². The van der Waals surface area contributed by atoms with Gasteiger partial charge in [-0.1, -0.05) is 6.92 Å². The maximum Gasteiger partial charge on any atom is 0.407 e. The maximum absolute atomic E-state index is 11.8. The van der Waals surface area contributed by atoms with E-state index >= 15 is 0 Å². The zero-order valence-corrected chi connectivity index (χ0v) is 14.1. The number of nitrogens with one attached hydrogen (secondary N) is 1. The van der Waals surface area contributed by atoms with E-state index in [2.05, 4.69) is 12.2 Å². The first-order chi connectivity index (χ1) is 9.69. The molecule has 1 amide bonds. The molecule has 124 valence electrons. The Morgan fingerprint density at radius 2 is 2.05 bits per heavy atom. The quantitative estimate of drug-likeness (QED) is 0.791. The van der Waals surface area contributed by atoms with Crippen molar-refractivity contribution in [2.24, 2.45) is 5.41 Å². The van der Waals surface area contributed by atoms with Gasteiger partial charge in [0.05, 0.1) is 18.8 Å². The number of rotatable bonds is 6. The standard InChI is InChI=1S/C16H31NO4/c1-6-16(11-18,9-13-8-7-12(2)20-13)10-17-14(19)21-15(3,4)5/h12-13,18H,6-11H2,1-5H3,(H,17,19). The van der Waals surface area contributed by atoms with E-state index in [9.17, 15) is 9.90 Å². The van der Waals surface area contributed by atoms with Crippen LogP contribution in [0.15, 0.2) is 0 Å². The summed E-state index contributed by atoms with van der Waals surface area (Å²) in [6.45, 7) is 10.0. The normalized spacial score (nSPS) is 25.4. The first kappa shape index (κ1) is 18.2. The summed E-state index contributed by atoms with van der Waals surface area (Å²) in [4.78, 5) is 11.8. The highest BCUT2D eigenvalue weighted by Gasteiger charge is 2.35. The molecule has 0 saturated carbocycles. The highest BCUT2D eigenvalue weighted by Crippen LogP contribution is 2.33. The molecule has 0 aromatic rings. The number of carbonyl (C=O) groups excluding carboxylic acids is 1. The van der Waals surface area contributed by atoms with Crippen LogP contribution in [0.3, 0.4) is 0 Å². The minimum atomic E-state index is -0.512. The Kier molecular flexibility index (Phi) is 6.47. The predicted molar refractivity (Wildman–Crippen MR) is 82.2 cm³/mol. The Morgan fingerprint density at radius 1 is 1.38 bits per heavy atom. The molecule has 0 aliphatic carbocycles. The van der Waals surface area contributed by atoms with Crippen molar-refractivity contribution >= 4 is 6.09 Å². The van der Waals surface area contributed by atoms with Crippen LogP contribution in [0.2, 0.25) is 0 Å². The van der Waals surface area contributed by atoms with Crippen molar-refractivity contribution in [1.82, 2.24) is 5.32 Å². The number of carbonyl (C=O) groups is 1. The number of aliphatic hydroxyl groups is 1. The molecule has 0 spiro atoms. The molecule has 2 N–H and O–H groups in total. The van der Waals surface area contributed by atoms with Crippen LogP contribution < -0.4 is 5.32 Å². The van der Waals surface area contributed by atoms with Crippen LogP contribution >= 0.6 is 0 Å². The summed E-state index contributed by atoms with van der Waals surface area (Å²) in [5, 5.41) is 12.6. The van der Waals surface area contributed by atoms with Crippen molar-refractivity contribution < 1.29 is 19.4 Å². The third-order valence-electron chi connectivity index (χ3n) is 4.07. The fraction of sp³-hybridized carbons (Fsp3) is 0.938. The molecule has 3 unspecified atom stereocenters. The average molecular weight is 301 g/mol. The van der Waals surface area contributed by atoms with Gasteiger partial charge in [0.2, 0.25) is 0 Å². The minimum Gasteiger partial charge on any atom is -0.444 e. The Labute approximate surface area is 128 Å². The van der Waals surface area contributed by atoms with E-state index in [0.717, 1.165) is 25.7 Å². The number of hydrogen-bond donors (Lipinski definition) is 2. The minimum absolute atomic E-state index is 0.0353. The smallest absolute Gasteiger partial charge is 0.407 e. The second-order valence-corrected chi connectivity index (χ2v) is 7.22. The number of aliphatic hydroxyl groups excluding tert-OH is 1. The van der Waals surface area contributed by atoms with E-state index in [4.69, 9.17) is 9.47 Å². The first-order valence-corrected chi connectivity index (χ1v) is 7.93. The van der Waals surface area contributed by atoms with Crippen LogP contribution in [0, 0.1) is 5.41 Å². The lowest BCUT2D eigenvalue weighted by atomic mass is 9.80. The van der Waals surface area contributed by atoms with Crippen LogP contribution in [-0.2, 0) is 9.47 Å². The van der Waals surface area contributed by atoms with Crippen LogP contribution in [0.1, 0.15) is 60.3 Å². The predicted octanol–water partition coefficient (Wildman–Crippen LogP) is 2.86. The lowest BCUT2D eigenvalue weighted by molar-refractivity contribution is -0.000833. The van der Waals surface area contributed by atoms with Gasteiger partial charge in [-0.2, -0.15) is 0 Å². The molecule has 5 nitrogen and oxygen atoms in total. The van der Waals surface area contributed by atoms with Crippen molar-refractivity contribution in [1.29, 1.82) is 0 Å². The number of amides is 1. The van der Waals surface area contributed by atoms with Crippen LogP contribution in [-0.4, -0.2) is 42.2 Å². The molecule has 1 aliphatic rings. The zero-order chi connectivity index (χ0) is 16.1.